The lowest BCUT2D eigenvalue weighted by molar-refractivity contribution is 0.294. The van der Waals surface area contributed by atoms with E-state index >= 15 is 0 Å². The van der Waals surface area contributed by atoms with E-state index < -0.39 is 0 Å². The third kappa shape index (κ3) is 5.21. The molecule has 0 saturated carbocycles. The smallest absolute Gasteiger partial charge is 0.0991 e. The summed E-state index contributed by atoms with van der Waals surface area (Å²) >= 11 is 0. The summed E-state index contributed by atoms with van der Waals surface area (Å²) in [6.45, 7) is 9.15. The molecule has 0 unspecified atom stereocenters. The average molecular weight is 307 g/mol. The molecule has 0 amide bonds. The Morgan fingerprint density at radius 1 is 0.957 bits per heavy atom. The minimum atomic E-state index is 0.714. The predicted molar refractivity (Wildman–Crippen MR) is 94.8 cm³/mol. The quantitative estimate of drug-likeness (QED) is 0.808. The van der Waals surface area contributed by atoms with Crippen molar-refractivity contribution in [3.05, 3.63) is 70.8 Å². The first-order valence-corrected chi connectivity index (χ1v) is 8.25. The highest BCUT2D eigenvalue weighted by Gasteiger charge is 2.06. The Balaban J connectivity index is 1.96. The zero-order chi connectivity index (χ0) is 16.5. The van der Waals surface area contributed by atoms with Crippen LogP contribution in [0.15, 0.2) is 48.5 Å². The van der Waals surface area contributed by atoms with Gasteiger partial charge >= 0.3 is 0 Å². The Bertz CT molecular complexity index is 654. The molecular weight excluding hydrogens is 282 g/mol. The third-order valence-electron chi connectivity index (χ3n) is 4.11. The second-order valence-corrected chi connectivity index (χ2v) is 5.65. The molecule has 2 aromatic rings. The summed E-state index contributed by atoms with van der Waals surface area (Å²) in [7, 11) is 0. The first-order chi connectivity index (χ1) is 11.3. The molecule has 120 valence electrons. The molecule has 2 rings (SSSR count). The largest absolute Gasteiger partial charge is 0.309 e. The maximum absolute atomic E-state index is 8.96. The highest BCUT2D eigenvalue weighted by Crippen LogP contribution is 2.12. The van der Waals surface area contributed by atoms with Gasteiger partial charge in [-0.2, -0.15) is 5.26 Å². The number of nitriles is 1. The Kier molecular flexibility index (Phi) is 6.80. The summed E-state index contributed by atoms with van der Waals surface area (Å²) in [5.74, 6) is 0. The molecule has 0 aromatic heterocycles. The van der Waals surface area contributed by atoms with Crippen molar-refractivity contribution in [3.63, 3.8) is 0 Å². The highest BCUT2D eigenvalue weighted by molar-refractivity contribution is 5.33. The van der Waals surface area contributed by atoms with Gasteiger partial charge in [-0.25, -0.2) is 0 Å². The van der Waals surface area contributed by atoms with Gasteiger partial charge < -0.3 is 5.32 Å². The second-order valence-electron chi connectivity index (χ2n) is 5.65. The number of nitrogens with one attached hydrogen (secondary N) is 1. The maximum atomic E-state index is 8.96. The summed E-state index contributed by atoms with van der Waals surface area (Å²) in [4.78, 5) is 2.43. The van der Waals surface area contributed by atoms with Crippen LogP contribution in [-0.2, 0) is 19.6 Å². The molecule has 1 N–H and O–H groups in total. The van der Waals surface area contributed by atoms with E-state index in [-0.39, 0.29) is 0 Å². The van der Waals surface area contributed by atoms with Gasteiger partial charge in [-0.05, 0) is 41.9 Å². The Morgan fingerprint density at radius 2 is 1.70 bits per heavy atom. The number of benzene rings is 2. The van der Waals surface area contributed by atoms with Crippen LogP contribution in [0.4, 0.5) is 0 Å². The predicted octanol–water partition coefficient (Wildman–Crippen LogP) is 3.69. The van der Waals surface area contributed by atoms with Gasteiger partial charge in [0, 0.05) is 19.6 Å². The van der Waals surface area contributed by atoms with E-state index in [1.807, 2.05) is 18.2 Å². The van der Waals surface area contributed by atoms with Gasteiger partial charge in [0.05, 0.1) is 11.6 Å². The fourth-order valence-corrected chi connectivity index (χ4v) is 2.66. The third-order valence-corrected chi connectivity index (χ3v) is 4.11. The van der Waals surface area contributed by atoms with Crippen molar-refractivity contribution in [3.8, 4) is 6.07 Å². The van der Waals surface area contributed by atoms with Crippen molar-refractivity contribution in [2.75, 3.05) is 13.1 Å². The number of rotatable bonds is 8. The number of hydrogen-bond acceptors (Lipinski definition) is 3. The monoisotopic (exact) mass is 307 g/mol. The summed E-state index contributed by atoms with van der Waals surface area (Å²) in [5, 5.41) is 12.4. The zero-order valence-corrected chi connectivity index (χ0v) is 14.0. The van der Waals surface area contributed by atoms with Crippen LogP contribution in [0, 0.1) is 11.3 Å². The molecule has 3 nitrogen and oxygen atoms in total. The van der Waals surface area contributed by atoms with Crippen LogP contribution in [0.25, 0.3) is 0 Å². The molecule has 0 radical (unpaired) electrons. The molecule has 0 heterocycles. The zero-order valence-electron chi connectivity index (χ0n) is 14.0. The SMILES string of the molecule is CCN(CC)Cc1ccccc1CNCc1cccc(C#N)c1. The van der Waals surface area contributed by atoms with Crippen molar-refractivity contribution in [2.45, 2.75) is 33.5 Å². The van der Waals surface area contributed by atoms with Gasteiger partial charge in [-0.3, -0.25) is 4.90 Å². The molecule has 3 heteroatoms. The standard InChI is InChI=1S/C20H25N3/c1-3-23(4-2)16-20-11-6-5-10-19(20)15-22-14-18-9-7-8-17(12-18)13-21/h5-12,22H,3-4,14-16H2,1-2H3. The Labute approximate surface area is 139 Å². The van der Waals surface area contributed by atoms with Crippen LogP contribution in [0.3, 0.4) is 0 Å². The number of hydrogen-bond donors (Lipinski definition) is 1. The fraction of sp³-hybridized carbons (Fsp3) is 0.350. The molecule has 0 bridgehead atoms. The lowest BCUT2D eigenvalue weighted by Gasteiger charge is -2.20. The fourth-order valence-electron chi connectivity index (χ4n) is 2.66. The van der Waals surface area contributed by atoms with Crippen molar-refractivity contribution in [1.29, 1.82) is 5.26 Å². The highest BCUT2D eigenvalue weighted by atomic mass is 15.1. The lowest BCUT2D eigenvalue weighted by Crippen LogP contribution is -2.23. The van der Waals surface area contributed by atoms with Crippen molar-refractivity contribution in [1.82, 2.24) is 10.2 Å². The minimum Gasteiger partial charge on any atom is -0.309 e. The first-order valence-electron chi connectivity index (χ1n) is 8.25. The molecule has 2 aromatic carbocycles. The molecule has 23 heavy (non-hydrogen) atoms. The van der Waals surface area contributed by atoms with Gasteiger partial charge in [0.15, 0.2) is 0 Å². The van der Waals surface area contributed by atoms with Gasteiger partial charge in [0.25, 0.3) is 0 Å². The first kappa shape index (κ1) is 17.2. The van der Waals surface area contributed by atoms with Crippen LogP contribution >= 0.6 is 0 Å². The normalized spacial score (nSPS) is 10.7. The summed E-state index contributed by atoms with van der Waals surface area (Å²) in [5.41, 5.74) is 4.59. The van der Waals surface area contributed by atoms with E-state index in [0.29, 0.717) is 5.56 Å². The average Bonchev–Trinajstić information content (AvgIpc) is 2.61. The van der Waals surface area contributed by atoms with Crippen LogP contribution in [0.5, 0.6) is 0 Å². The van der Waals surface area contributed by atoms with E-state index in [4.69, 9.17) is 5.26 Å². The van der Waals surface area contributed by atoms with E-state index in [0.717, 1.165) is 38.3 Å². The van der Waals surface area contributed by atoms with Crippen LogP contribution in [0.1, 0.15) is 36.1 Å². The van der Waals surface area contributed by atoms with E-state index in [1.54, 1.807) is 0 Å². The Morgan fingerprint density at radius 3 is 2.39 bits per heavy atom. The van der Waals surface area contributed by atoms with Crippen LogP contribution in [0.2, 0.25) is 0 Å². The van der Waals surface area contributed by atoms with E-state index in [2.05, 4.69) is 60.5 Å². The van der Waals surface area contributed by atoms with Crippen molar-refractivity contribution < 1.29 is 0 Å². The van der Waals surface area contributed by atoms with Crippen molar-refractivity contribution in [2.24, 2.45) is 0 Å². The molecule has 0 fully saturated rings. The maximum Gasteiger partial charge on any atom is 0.0991 e. The van der Waals surface area contributed by atoms with Gasteiger partial charge in [-0.1, -0.05) is 50.2 Å². The van der Waals surface area contributed by atoms with E-state index in [9.17, 15) is 0 Å². The number of nitrogens with zero attached hydrogens (tertiary/aromatic N) is 2. The van der Waals surface area contributed by atoms with Gasteiger partial charge in [0.1, 0.15) is 0 Å². The summed E-state index contributed by atoms with van der Waals surface area (Å²) < 4.78 is 0. The lowest BCUT2D eigenvalue weighted by atomic mass is 10.1. The summed E-state index contributed by atoms with van der Waals surface area (Å²) in [6.07, 6.45) is 0. The molecular formula is C20H25N3. The molecule has 0 saturated heterocycles. The van der Waals surface area contributed by atoms with Gasteiger partial charge in [-0.15, -0.1) is 0 Å². The summed E-state index contributed by atoms with van der Waals surface area (Å²) in [6, 6.07) is 18.6. The van der Waals surface area contributed by atoms with E-state index in [1.165, 1.54) is 11.1 Å². The minimum absolute atomic E-state index is 0.714. The van der Waals surface area contributed by atoms with Crippen LogP contribution < -0.4 is 5.32 Å². The molecule has 0 aliphatic carbocycles. The molecule has 0 aliphatic heterocycles. The molecule has 0 atom stereocenters. The molecule has 0 aliphatic rings. The second kappa shape index (κ2) is 9.09. The topological polar surface area (TPSA) is 39.1 Å². The van der Waals surface area contributed by atoms with Crippen molar-refractivity contribution >= 4 is 0 Å². The van der Waals surface area contributed by atoms with Crippen LogP contribution in [-0.4, -0.2) is 18.0 Å². The molecule has 0 spiro atoms. The Hall–Kier alpha value is -2.15. The van der Waals surface area contributed by atoms with Gasteiger partial charge in [0.2, 0.25) is 0 Å².